The molecule has 0 fully saturated rings. The van der Waals surface area contributed by atoms with Crippen molar-refractivity contribution in [2.24, 2.45) is 0 Å². The van der Waals surface area contributed by atoms with E-state index in [0.29, 0.717) is 29.6 Å². The molecule has 0 radical (unpaired) electrons. The van der Waals surface area contributed by atoms with Crippen molar-refractivity contribution in [2.45, 2.75) is 19.5 Å². The second kappa shape index (κ2) is 7.65. The third kappa shape index (κ3) is 3.65. The van der Waals surface area contributed by atoms with E-state index in [1.165, 1.54) is 12.1 Å². The van der Waals surface area contributed by atoms with Crippen molar-refractivity contribution in [1.82, 2.24) is 30.6 Å². The number of nitrogens with zero attached hydrogens (tertiary/aromatic N) is 4. The van der Waals surface area contributed by atoms with E-state index in [9.17, 15) is 8.78 Å². The van der Waals surface area contributed by atoms with Gasteiger partial charge in [0, 0.05) is 29.9 Å². The Morgan fingerprint density at radius 3 is 2.89 bits per heavy atom. The standard InChI is InChI=1S/C19H16F2N6O/c1-11(19-25-18(27-28-19)16-4-2-3-7-22-16)23-9-12-10-24-26-17(12)14-6-5-13(20)8-15(14)21/h2-8,10-11,23H,9H2,1H3,(H,24,26). The highest BCUT2D eigenvalue weighted by Gasteiger charge is 2.18. The maximum absolute atomic E-state index is 14.1. The maximum atomic E-state index is 14.1. The Morgan fingerprint density at radius 1 is 1.21 bits per heavy atom. The van der Waals surface area contributed by atoms with Gasteiger partial charge in [0.25, 0.3) is 0 Å². The normalized spacial score (nSPS) is 12.2. The Bertz CT molecular complexity index is 1080. The Labute approximate surface area is 158 Å². The van der Waals surface area contributed by atoms with E-state index in [0.717, 1.165) is 11.6 Å². The molecular formula is C19H16F2N6O. The van der Waals surface area contributed by atoms with Crippen LogP contribution in [0.3, 0.4) is 0 Å². The molecule has 0 bridgehead atoms. The van der Waals surface area contributed by atoms with E-state index in [2.05, 4.69) is 30.6 Å². The molecule has 142 valence electrons. The molecule has 2 N–H and O–H groups in total. The molecule has 1 atom stereocenters. The number of pyridine rings is 1. The quantitative estimate of drug-likeness (QED) is 0.529. The molecule has 0 saturated heterocycles. The average Bonchev–Trinajstić information content (AvgIpc) is 3.37. The van der Waals surface area contributed by atoms with Gasteiger partial charge in [-0.2, -0.15) is 10.1 Å². The number of nitrogens with one attached hydrogen (secondary N) is 2. The van der Waals surface area contributed by atoms with E-state index in [1.807, 2.05) is 13.0 Å². The monoisotopic (exact) mass is 382 g/mol. The van der Waals surface area contributed by atoms with E-state index in [1.54, 1.807) is 24.5 Å². The maximum Gasteiger partial charge on any atom is 0.243 e. The number of H-pyrrole nitrogens is 1. The minimum absolute atomic E-state index is 0.249. The van der Waals surface area contributed by atoms with Crippen molar-refractivity contribution in [3.05, 3.63) is 71.9 Å². The van der Waals surface area contributed by atoms with Gasteiger partial charge < -0.3 is 9.84 Å². The molecule has 0 aliphatic heterocycles. The minimum Gasteiger partial charge on any atom is -0.337 e. The van der Waals surface area contributed by atoms with Crippen LogP contribution in [0.1, 0.15) is 24.4 Å². The summed E-state index contributed by atoms with van der Waals surface area (Å²) in [6, 6.07) is 8.61. The largest absolute Gasteiger partial charge is 0.337 e. The molecule has 4 aromatic rings. The molecular weight excluding hydrogens is 366 g/mol. The van der Waals surface area contributed by atoms with Crippen LogP contribution in [-0.2, 0) is 6.54 Å². The highest BCUT2D eigenvalue weighted by Crippen LogP contribution is 2.25. The zero-order chi connectivity index (χ0) is 19.5. The highest BCUT2D eigenvalue weighted by atomic mass is 19.1. The Hall–Kier alpha value is -3.46. The predicted molar refractivity (Wildman–Crippen MR) is 96.7 cm³/mol. The van der Waals surface area contributed by atoms with Crippen LogP contribution < -0.4 is 5.32 Å². The fraction of sp³-hybridized carbons (Fsp3) is 0.158. The molecule has 4 rings (SSSR count). The first-order valence-electron chi connectivity index (χ1n) is 8.58. The van der Waals surface area contributed by atoms with Crippen LogP contribution in [0.4, 0.5) is 8.78 Å². The minimum atomic E-state index is -0.657. The van der Waals surface area contributed by atoms with Crippen molar-refractivity contribution >= 4 is 0 Å². The second-order valence-corrected chi connectivity index (χ2v) is 6.17. The number of hydrogen-bond donors (Lipinski definition) is 2. The number of halogens is 2. The van der Waals surface area contributed by atoms with Gasteiger partial charge in [0.2, 0.25) is 11.7 Å². The fourth-order valence-electron chi connectivity index (χ4n) is 2.73. The molecule has 3 aromatic heterocycles. The lowest BCUT2D eigenvalue weighted by atomic mass is 10.1. The lowest BCUT2D eigenvalue weighted by molar-refractivity contribution is 0.339. The molecule has 7 nitrogen and oxygen atoms in total. The van der Waals surface area contributed by atoms with Gasteiger partial charge >= 0.3 is 0 Å². The summed E-state index contributed by atoms with van der Waals surface area (Å²) in [6.07, 6.45) is 3.24. The van der Waals surface area contributed by atoms with Crippen molar-refractivity contribution < 1.29 is 13.3 Å². The van der Waals surface area contributed by atoms with Gasteiger partial charge in [-0.25, -0.2) is 8.78 Å². The summed E-state index contributed by atoms with van der Waals surface area (Å²) in [5.74, 6) is -0.482. The molecule has 0 aliphatic rings. The third-order valence-electron chi connectivity index (χ3n) is 4.22. The summed E-state index contributed by atoms with van der Waals surface area (Å²) in [6.45, 7) is 2.24. The van der Waals surface area contributed by atoms with Gasteiger partial charge in [-0.1, -0.05) is 11.2 Å². The van der Waals surface area contributed by atoms with Crippen molar-refractivity contribution in [3.63, 3.8) is 0 Å². The molecule has 1 unspecified atom stereocenters. The van der Waals surface area contributed by atoms with Gasteiger partial charge in [-0.15, -0.1) is 0 Å². The van der Waals surface area contributed by atoms with Gasteiger partial charge in [0.15, 0.2) is 0 Å². The van der Waals surface area contributed by atoms with Crippen LogP contribution in [0, 0.1) is 11.6 Å². The van der Waals surface area contributed by atoms with Gasteiger partial charge in [0.1, 0.15) is 17.3 Å². The zero-order valence-corrected chi connectivity index (χ0v) is 14.9. The van der Waals surface area contributed by atoms with Crippen molar-refractivity contribution in [2.75, 3.05) is 0 Å². The Kier molecular flexibility index (Phi) is 4.90. The molecule has 3 heterocycles. The summed E-state index contributed by atoms with van der Waals surface area (Å²) in [5.41, 5.74) is 2.07. The van der Waals surface area contributed by atoms with Crippen LogP contribution in [-0.4, -0.2) is 25.3 Å². The molecule has 0 amide bonds. The SMILES string of the molecule is CC(NCc1cn[nH]c1-c1ccc(F)cc1F)c1nc(-c2ccccn2)no1. The van der Waals surface area contributed by atoms with Crippen LogP contribution in [0.15, 0.2) is 53.3 Å². The number of rotatable bonds is 6. The van der Waals surface area contributed by atoms with Crippen molar-refractivity contribution in [1.29, 1.82) is 0 Å². The fourth-order valence-corrected chi connectivity index (χ4v) is 2.73. The summed E-state index contributed by atoms with van der Waals surface area (Å²) in [7, 11) is 0. The molecule has 9 heteroatoms. The smallest absolute Gasteiger partial charge is 0.243 e. The van der Waals surface area contributed by atoms with E-state index < -0.39 is 11.6 Å². The first-order chi connectivity index (χ1) is 13.6. The molecule has 0 saturated carbocycles. The van der Waals surface area contributed by atoms with Crippen LogP contribution in [0.2, 0.25) is 0 Å². The number of aromatic nitrogens is 5. The third-order valence-corrected chi connectivity index (χ3v) is 4.22. The number of benzene rings is 1. The predicted octanol–water partition coefficient (Wildman–Crippen LogP) is 3.65. The van der Waals surface area contributed by atoms with Gasteiger partial charge in [-0.05, 0) is 31.2 Å². The first-order valence-corrected chi connectivity index (χ1v) is 8.58. The average molecular weight is 382 g/mol. The van der Waals surface area contributed by atoms with E-state index >= 15 is 0 Å². The molecule has 1 aromatic carbocycles. The summed E-state index contributed by atoms with van der Waals surface area (Å²) < 4.78 is 32.5. The lowest BCUT2D eigenvalue weighted by Crippen LogP contribution is -2.18. The number of aromatic amines is 1. The second-order valence-electron chi connectivity index (χ2n) is 6.17. The van der Waals surface area contributed by atoms with Crippen molar-refractivity contribution in [3.8, 4) is 22.8 Å². The lowest BCUT2D eigenvalue weighted by Gasteiger charge is -2.10. The molecule has 28 heavy (non-hydrogen) atoms. The Balaban J connectivity index is 1.47. The van der Waals surface area contributed by atoms with Crippen LogP contribution >= 0.6 is 0 Å². The summed E-state index contributed by atoms with van der Waals surface area (Å²) >= 11 is 0. The topological polar surface area (TPSA) is 92.5 Å². The van der Waals surface area contributed by atoms with E-state index in [-0.39, 0.29) is 11.6 Å². The molecule has 0 spiro atoms. The number of hydrogen-bond acceptors (Lipinski definition) is 6. The van der Waals surface area contributed by atoms with Crippen LogP contribution in [0.25, 0.3) is 22.8 Å². The molecule has 0 aliphatic carbocycles. The van der Waals surface area contributed by atoms with E-state index in [4.69, 9.17) is 4.52 Å². The highest BCUT2D eigenvalue weighted by molar-refractivity contribution is 5.63. The van der Waals surface area contributed by atoms with Gasteiger partial charge in [0.05, 0.1) is 17.9 Å². The summed E-state index contributed by atoms with van der Waals surface area (Å²) in [4.78, 5) is 8.54. The van der Waals surface area contributed by atoms with Gasteiger partial charge in [-0.3, -0.25) is 10.1 Å². The first kappa shape index (κ1) is 17.9. The Morgan fingerprint density at radius 2 is 2.11 bits per heavy atom. The summed E-state index contributed by atoms with van der Waals surface area (Å²) in [5, 5.41) is 13.9. The zero-order valence-electron chi connectivity index (χ0n) is 14.9. The van der Waals surface area contributed by atoms with Crippen LogP contribution in [0.5, 0.6) is 0 Å².